The minimum atomic E-state index is -4.79. The summed E-state index contributed by atoms with van der Waals surface area (Å²) in [6.45, 7) is 10.0. The number of hydrazine groups is 1. The molecule has 0 amide bonds. The Morgan fingerprint density at radius 1 is 1.20 bits per heavy atom. The maximum atomic E-state index is 13.0. The molecule has 188 valence electrons. The number of nitrogens with zero attached hydrogens (tertiary/aromatic N) is 3. The van der Waals surface area contributed by atoms with E-state index >= 15 is 0 Å². The van der Waals surface area contributed by atoms with Gasteiger partial charge in [-0.15, -0.1) is 19.1 Å². The molecule has 2 aromatic rings. The second-order valence-corrected chi connectivity index (χ2v) is 8.77. The minimum absolute atomic E-state index is 0.0507. The van der Waals surface area contributed by atoms with Crippen molar-refractivity contribution in [2.75, 3.05) is 10.3 Å². The summed E-state index contributed by atoms with van der Waals surface area (Å²) in [5.74, 6) is 6.01. The highest BCUT2D eigenvalue weighted by atomic mass is 19.4. The Kier molecular flexibility index (Phi) is 8.99. The van der Waals surface area contributed by atoms with E-state index in [1.54, 1.807) is 25.4 Å². The van der Waals surface area contributed by atoms with Crippen LogP contribution in [0.15, 0.2) is 37.2 Å². The molecule has 1 heterocycles. The van der Waals surface area contributed by atoms with E-state index in [0.29, 0.717) is 29.3 Å². The fourth-order valence-electron chi connectivity index (χ4n) is 4.08. The Balaban J connectivity index is 2.01. The smallest absolute Gasteiger partial charge is 0.406 e. The Bertz CT molecular complexity index is 1050. The quantitative estimate of drug-likeness (QED) is 0.330. The monoisotopic (exact) mass is 487 g/mol. The van der Waals surface area contributed by atoms with E-state index in [1.165, 1.54) is 12.1 Å². The van der Waals surface area contributed by atoms with Gasteiger partial charge in [-0.05, 0) is 45.2 Å². The second kappa shape index (κ2) is 11.9. The lowest BCUT2D eigenvalue weighted by Crippen LogP contribution is -2.36. The van der Waals surface area contributed by atoms with Crippen molar-refractivity contribution in [3.8, 4) is 17.6 Å². The van der Waals surface area contributed by atoms with Crippen LogP contribution >= 0.6 is 0 Å². The van der Waals surface area contributed by atoms with Crippen LogP contribution in [0.1, 0.15) is 64.3 Å². The first-order valence-corrected chi connectivity index (χ1v) is 11.8. The van der Waals surface area contributed by atoms with Crippen molar-refractivity contribution in [2.45, 2.75) is 77.7 Å². The van der Waals surface area contributed by atoms with E-state index < -0.39 is 6.36 Å². The van der Waals surface area contributed by atoms with Gasteiger partial charge in [-0.1, -0.05) is 37.8 Å². The molecular weight excluding hydrogens is 455 g/mol. The Hall–Kier alpha value is -3.25. The predicted molar refractivity (Wildman–Crippen MR) is 133 cm³/mol. The molecule has 0 atom stereocenters. The lowest BCUT2D eigenvalue weighted by Gasteiger charge is -2.38. The normalized spacial score (nSPS) is 14.3. The highest BCUT2D eigenvalue weighted by Gasteiger charge is 2.32. The molecule has 6 nitrogen and oxygen atoms in total. The van der Waals surface area contributed by atoms with Gasteiger partial charge in [0.25, 0.3) is 0 Å². The summed E-state index contributed by atoms with van der Waals surface area (Å²) in [5, 5.41) is 0. The van der Waals surface area contributed by atoms with Crippen LogP contribution in [-0.4, -0.2) is 28.4 Å². The Labute approximate surface area is 205 Å². The van der Waals surface area contributed by atoms with Gasteiger partial charge in [0.05, 0.1) is 23.8 Å². The van der Waals surface area contributed by atoms with Crippen LogP contribution in [0.25, 0.3) is 5.70 Å². The van der Waals surface area contributed by atoms with Crippen molar-refractivity contribution in [1.82, 2.24) is 15.4 Å². The number of nitrogens with one attached hydrogen (secondary N) is 2. The van der Waals surface area contributed by atoms with Crippen LogP contribution in [0, 0.1) is 11.8 Å². The molecule has 0 saturated heterocycles. The van der Waals surface area contributed by atoms with E-state index in [-0.39, 0.29) is 17.8 Å². The molecule has 2 N–H and O–H groups in total. The van der Waals surface area contributed by atoms with Crippen molar-refractivity contribution in [3.63, 3.8) is 0 Å². The van der Waals surface area contributed by atoms with Crippen LogP contribution in [0.4, 0.5) is 24.5 Å². The van der Waals surface area contributed by atoms with Crippen molar-refractivity contribution in [1.29, 1.82) is 0 Å². The molecule has 1 aliphatic carbocycles. The average molecular weight is 488 g/mol. The number of hydrogen-bond donors (Lipinski definition) is 2. The number of hydrogen-bond acceptors (Lipinski definition) is 6. The molecule has 9 heteroatoms. The molecule has 1 aromatic heterocycles. The van der Waals surface area contributed by atoms with E-state index in [1.807, 2.05) is 18.7 Å². The summed E-state index contributed by atoms with van der Waals surface area (Å²) in [6.07, 6.45) is 3.86. The van der Waals surface area contributed by atoms with Crippen molar-refractivity contribution < 1.29 is 17.9 Å². The Morgan fingerprint density at radius 3 is 2.49 bits per heavy atom. The molecule has 3 rings (SSSR count). The number of alkyl halides is 3. The number of benzene rings is 1. The summed E-state index contributed by atoms with van der Waals surface area (Å²) in [6, 6.07) is 4.65. The van der Waals surface area contributed by atoms with Gasteiger partial charge in [-0.2, -0.15) is 0 Å². The zero-order valence-electron chi connectivity index (χ0n) is 20.4. The average Bonchev–Trinajstić information content (AvgIpc) is 2.82. The molecule has 1 saturated carbocycles. The van der Waals surface area contributed by atoms with Gasteiger partial charge < -0.3 is 15.1 Å². The lowest BCUT2D eigenvalue weighted by atomic mass is 9.92. The number of anilines is 2. The van der Waals surface area contributed by atoms with Crippen LogP contribution in [0.5, 0.6) is 5.75 Å². The van der Waals surface area contributed by atoms with Gasteiger partial charge in [-0.25, -0.2) is 15.4 Å². The zero-order valence-corrected chi connectivity index (χ0v) is 20.4. The van der Waals surface area contributed by atoms with Crippen LogP contribution in [-0.2, 0) is 6.42 Å². The molecule has 0 unspecified atom stereocenters. The van der Waals surface area contributed by atoms with Crippen molar-refractivity contribution >= 4 is 17.1 Å². The third kappa shape index (κ3) is 7.62. The van der Waals surface area contributed by atoms with Gasteiger partial charge in [0.15, 0.2) is 5.82 Å². The van der Waals surface area contributed by atoms with Crippen LogP contribution in [0.2, 0.25) is 0 Å². The summed E-state index contributed by atoms with van der Waals surface area (Å²) < 4.78 is 43.2. The third-order valence-electron chi connectivity index (χ3n) is 5.65. The summed E-state index contributed by atoms with van der Waals surface area (Å²) in [4.78, 5) is 10.9. The van der Waals surface area contributed by atoms with Gasteiger partial charge in [0, 0.05) is 30.3 Å². The first-order chi connectivity index (χ1) is 16.7. The highest BCUT2D eigenvalue weighted by molar-refractivity contribution is 5.78. The van der Waals surface area contributed by atoms with E-state index in [0.717, 1.165) is 37.7 Å². The Morgan fingerprint density at radius 2 is 1.89 bits per heavy atom. The first kappa shape index (κ1) is 26.4. The van der Waals surface area contributed by atoms with Gasteiger partial charge in [0.1, 0.15) is 5.75 Å². The van der Waals surface area contributed by atoms with Gasteiger partial charge >= 0.3 is 6.36 Å². The highest BCUT2D eigenvalue weighted by Crippen LogP contribution is 2.38. The summed E-state index contributed by atoms with van der Waals surface area (Å²) >= 11 is 0. The maximum Gasteiger partial charge on any atom is 0.573 e. The summed E-state index contributed by atoms with van der Waals surface area (Å²) in [7, 11) is 0. The molecule has 0 aliphatic heterocycles. The van der Waals surface area contributed by atoms with Gasteiger partial charge in [0.2, 0.25) is 0 Å². The first-order valence-electron chi connectivity index (χ1n) is 11.8. The molecule has 1 aliphatic rings. The van der Waals surface area contributed by atoms with Gasteiger partial charge in [-0.3, -0.25) is 0 Å². The number of halogens is 3. The molecule has 0 spiro atoms. The number of ether oxygens (including phenoxy) is 1. The van der Waals surface area contributed by atoms with Crippen LogP contribution < -0.4 is 20.5 Å². The van der Waals surface area contributed by atoms with E-state index in [4.69, 9.17) is 0 Å². The zero-order chi connectivity index (χ0) is 25.4. The topological polar surface area (TPSA) is 62.3 Å². The number of aromatic nitrogens is 2. The van der Waals surface area contributed by atoms with E-state index in [2.05, 4.69) is 44.0 Å². The maximum absolute atomic E-state index is 13.0. The predicted octanol–water partition coefficient (Wildman–Crippen LogP) is 6.08. The molecule has 1 aromatic carbocycles. The third-order valence-corrected chi connectivity index (χ3v) is 5.65. The largest absolute Gasteiger partial charge is 0.573 e. The molecule has 0 radical (unpaired) electrons. The standard InChI is InChI=1S/C26H32F3N5O/c1-5-6-10-20-13-14-23(35-26(27,28)29)15-24(20)34(22-11-8-7-9-12-22)19(4)25-30-16-21(17-31-25)33-32-18(2)3/h13-18,22,32-33H,4,7-12H2,1-3H3. The molecular formula is C26H32F3N5O. The van der Waals surface area contributed by atoms with Crippen LogP contribution in [0.3, 0.4) is 0 Å². The second-order valence-electron chi connectivity index (χ2n) is 8.77. The minimum Gasteiger partial charge on any atom is -0.406 e. The molecule has 35 heavy (non-hydrogen) atoms. The summed E-state index contributed by atoms with van der Waals surface area (Å²) in [5.41, 5.74) is 8.71. The lowest BCUT2D eigenvalue weighted by molar-refractivity contribution is -0.274. The fourth-order valence-corrected chi connectivity index (χ4v) is 4.08. The molecule has 1 fully saturated rings. The fraction of sp³-hybridized carbons (Fsp3) is 0.462. The van der Waals surface area contributed by atoms with Crippen molar-refractivity contribution in [3.05, 3.63) is 48.6 Å². The SMILES string of the molecule is C=C(c1ncc(NNC(C)C)cn1)N(c1cc(OC(F)(F)F)ccc1CC#CC)C1CCCCC1. The molecule has 0 bridgehead atoms. The van der Waals surface area contributed by atoms with E-state index in [9.17, 15) is 13.2 Å². The van der Waals surface area contributed by atoms with Crippen molar-refractivity contribution in [2.24, 2.45) is 0 Å². The number of rotatable bonds is 9.